The number of aromatic nitrogens is 6. The zero-order chi connectivity index (χ0) is 17.5. The van der Waals surface area contributed by atoms with Crippen LogP contribution >= 0.6 is 11.5 Å². The summed E-state index contributed by atoms with van der Waals surface area (Å²) in [4.78, 5) is 14.4. The molecule has 8 nitrogen and oxygen atoms in total. The van der Waals surface area contributed by atoms with Gasteiger partial charge in [-0.15, -0.1) is 5.10 Å². The van der Waals surface area contributed by atoms with Gasteiger partial charge in [0.05, 0.1) is 11.9 Å². The lowest BCUT2D eigenvalue weighted by Crippen LogP contribution is -2.33. The van der Waals surface area contributed by atoms with Crippen LogP contribution < -0.4 is 0 Å². The Kier molecular flexibility index (Phi) is 3.81. The number of aromatic amines is 1. The molecule has 4 heterocycles. The van der Waals surface area contributed by atoms with Gasteiger partial charge in [0, 0.05) is 54.5 Å². The van der Waals surface area contributed by atoms with Crippen molar-refractivity contribution in [2.24, 2.45) is 5.92 Å². The minimum Gasteiger partial charge on any atom is -0.337 e. The van der Waals surface area contributed by atoms with E-state index in [1.807, 2.05) is 15.8 Å². The molecule has 0 radical (unpaired) electrons. The molecule has 0 bridgehead atoms. The third-order valence-electron chi connectivity index (χ3n) is 5.13. The highest BCUT2D eigenvalue weighted by Gasteiger charge is 2.26. The highest BCUT2D eigenvalue weighted by molar-refractivity contribution is 7.03. The molecule has 9 heteroatoms. The molecule has 3 aromatic heterocycles. The van der Waals surface area contributed by atoms with Crippen LogP contribution in [0.1, 0.15) is 34.6 Å². The highest BCUT2D eigenvalue weighted by Crippen LogP contribution is 2.31. The van der Waals surface area contributed by atoms with Crippen LogP contribution in [0.2, 0.25) is 0 Å². The number of amides is 1. The quantitative estimate of drug-likeness (QED) is 0.757. The number of hydrogen-bond donors (Lipinski definition) is 1. The summed E-state index contributed by atoms with van der Waals surface area (Å²) in [5, 5.41) is 17.8. The molecule has 1 aliphatic carbocycles. The van der Waals surface area contributed by atoms with E-state index >= 15 is 0 Å². The standard InChI is InChI=1S/C17H19N7OS/c25-17(15-10-26-22-20-15)23-5-3-13-14(4-6-23)19-21-16(13)12-7-18-24(9-12)8-11-1-2-11/h7,9-11H,1-6,8H2,(H,19,21). The van der Waals surface area contributed by atoms with E-state index in [4.69, 9.17) is 0 Å². The second-order valence-corrected chi connectivity index (χ2v) is 7.62. The van der Waals surface area contributed by atoms with Crippen LogP contribution in [0.4, 0.5) is 0 Å². The van der Waals surface area contributed by atoms with E-state index in [1.165, 1.54) is 29.9 Å². The van der Waals surface area contributed by atoms with E-state index in [2.05, 4.69) is 31.1 Å². The Morgan fingerprint density at radius 2 is 2.19 bits per heavy atom. The summed E-state index contributed by atoms with van der Waals surface area (Å²) < 4.78 is 5.81. The lowest BCUT2D eigenvalue weighted by Gasteiger charge is -2.18. The molecule has 0 saturated heterocycles. The Labute approximate surface area is 154 Å². The van der Waals surface area contributed by atoms with Gasteiger partial charge in [-0.3, -0.25) is 14.6 Å². The smallest absolute Gasteiger partial charge is 0.275 e. The number of nitrogens with one attached hydrogen (secondary N) is 1. The van der Waals surface area contributed by atoms with E-state index in [9.17, 15) is 4.79 Å². The molecule has 1 saturated carbocycles. The molecule has 0 spiro atoms. The largest absolute Gasteiger partial charge is 0.337 e. The van der Waals surface area contributed by atoms with Crippen LogP contribution in [0.3, 0.4) is 0 Å². The molecule has 0 aromatic carbocycles. The number of rotatable bonds is 4. The Balaban J connectivity index is 1.35. The monoisotopic (exact) mass is 369 g/mol. The van der Waals surface area contributed by atoms with Crippen molar-refractivity contribution >= 4 is 17.4 Å². The summed E-state index contributed by atoms with van der Waals surface area (Å²) in [5.74, 6) is 0.745. The molecule has 5 rings (SSSR count). The lowest BCUT2D eigenvalue weighted by molar-refractivity contribution is 0.0757. The van der Waals surface area contributed by atoms with Crippen molar-refractivity contribution in [2.45, 2.75) is 32.2 Å². The number of carbonyl (C=O) groups is 1. The fourth-order valence-corrected chi connectivity index (χ4v) is 3.93. The first-order chi connectivity index (χ1) is 12.8. The van der Waals surface area contributed by atoms with Gasteiger partial charge in [0.15, 0.2) is 5.69 Å². The summed E-state index contributed by atoms with van der Waals surface area (Å²) in [5.41, 5.74) is 4.75. The van der Waals surface area contributed by atoms with Gasteiger partial charge in [-0.05, 0) is 36.7 Å². The molecular formula is C17H19N7OS. The number of H-pyrrole nitrogens is 1. The Morgan fingerprint density at radius 1 is 1.31 bits per heavy atom. The zero-order valence-corrected chi connectivity index (χ0v) is 15.1. The van der Waals surface area contributed by atoms with Crippen molar-refractivity contribution in [3.8, 4) is 11.3 Å². The Hall–Kier alpha value is -2.55. The van der Waals surface area contributed by atoms with Gasteiger partial charge >= 0.3 is 0 Å². The van der Waals surface area contributed by atoms with Gasteiger partial charge in [-0.1, -0.05) is 4.49 Å². The Bertz CT molecular complexity index is 925. The van der Waals surface area contributed by atoms with E-state index in [-0.39, 0.29) is 5.91 Å². The molecule has 1 amide bonds. The van der Waals surface area contributed by atoms with Crippen molar-refractivity contribution in [1.29, 1.82) is 0 Å². The summed E-state index contributed by atoms with van der Waals surface area (Å²) in [6.07, 6.45) is 8.15. The number of hydrogen-bond acceptors (Lipinski definition) is 6. The van der Waals surface area contributed by atoms with Crippen molar-refractivity contribution in [3.63, 3.8) is 0 Å². The molecule has 134 valence electrons. The molecule has 1 N–H and O–H groups in total. The average Bonchev–Trinajstić information content (AvgIpc) is 3.03. The zero-order valence-electron chi connectivity index (χ0n) is 14.3. The number of fused-ring (bicyclic) bond motifs is 1. The van der Waals surface area contributed by atoms with Crippen LogP contribution in [-0.2, 0) is 19.4 Å². The van der Waals surface area contributed by atoms with Gasteiger partial charge in [0.2, 0.25) is 0 Å². The van der Waals surface area contributed by atoms with E-state index < -0.39 is 0 Å². The molecular weight excluding hydrogens is 350 g/mol. The maximum absolute atomic E-state index is 12.5. The topological polar surface area (TPSA) is 92.6 Å². The SMILES string of the molecule is O=C(c1csnn1)N1CCc2[nH]nc(-c3cnn(CC4CC4)c3)c2CC1. The third-order valence-corrected chi connectivity index (χ3v) is 5.64. The van der Waals surface area contributed by atoms with Crippen LogP contribution in [0, 0.1) is 5.92 Å². The van der Waals surface area contributed by atoms with E-state index in [1.54, 1.807) is 5.38 Å². The fourth-order valence-electron chi connectivity index (χ4n) is 3.50. The first-order valence-electron chi connectivity index (χ1n) is 8.93. The summed E-state index contributed by atoms with van der Waals surface area (Å²) in [7, 11) is 0. The first-order valence-corrected chi connectivity index (χ1v) is 9.77. The van der Waals surface area contributed by atoms with Gasteiger partial charge in [0.25, 0.3) is 5.91 Å². The minimum atomic E-state index is -0.0457. The van der Waals surface area contributed by atoms with Crippen molar-refractivity contribution in [1.82, 2.24) is 34.5 Å². The molecule has 3 aromatic rings. The first kappa shape index (κ1) is 15.7. The number of carbonyl (C=O) groups excluding carboxylic acids is 1. The fraction of sp³-hybridized carbons (Fsp3) is 0.471. The van der Waals surface area contributed by atoms with Crippen molar-refractivity contribution < 1.29 is 4.79 Å². The van der Waals surface area contributed by atoms with Crippen molar-refractivity contribution in [2.75, 3.05) is 13.1 Å². The van der Waals surface area contributed by atoms with Crippen LogP contribution in [0.15, 0.2) is 17.8 Å². The van der Waals surface area contributed by atoms with E-state index in [0.717, 1.165) is 42.3 Å². The van der Waals surface area contributed by atoms with Gasteiger partial charge in [-0.2, -0.15) is 10.2 Å². The highest BCUT2D eigenvalue weighted by atomic mass is 32.1. The molecule has 1 aliphatic heterocycles. The van der Waals surface area contributed by atoms with Gasteiger partial charge in [0.1, 0.15) is 0 Å². The van der Waals surface area contributed by atoms with Gasteiger partial charge < -0.3 is 4.90 Å². The second kappa shape index (κ2) is 6.31. The maximum atomic E-state index is 12.5. The summed E-state index contributed by atoms with van der Waals surface area (Å²) in [6, 6.07) is 0. The summed E-state index contributed by atoms with van der Waals surface area (Å²) >= 11 is 1.20. The van der Waals surface area contributed by atoms with Crippen LogP contribution in [0.5, 0.6) is 0 Å². The molecule has 0 atom stereocenters. The molecule has 2 aliphatic rings. The third kappa shape index (κ3) is 2.92. The van der Waals surface area contributed by atoms with E-state index in [0.29, 0.717) is 18.8 Å². The lowest BCUT2D eigenvalue weighted by atomic mass is 10.1. The predicted octanol–water partition coefficient (Wildman–Crippen LogP) is 1.78. The maximum Gasteiger partial charge on any atom is 0.275 e. The van der Waals surface area contributed by atoms with Crippen LogP contribution in [-0.4, -0.2) is 53.5 Å². The molecule has 1 fully saturated rings. The normalized spacial score (nSPS) is 17.2. The van der Waals surface area contributed by atoms with Crippen molar-refractivity contribution in [3.05, 3.63) is 34.7 Å². The molecule has 0 unspecified atom stereocenters. The van der Waals surface area contributed by atoms with Gasteiger partial charge in [-0.25, -0.2) is 0 Å². The minimum absolute atomic E-state index is 0.0457. The number of nitrogens with zero attached hydrogens (tertiary/aromatic N) is 6. The second-order valence-electron chi connectivity index (χ2n) is 7.01. The summed E-state index contributed by atoms with van der Waals surface area (Å²) in [6.45, 7) is 2.31. The average molecular weight is 369 g/mol. The van der Waals surface area contributed by atoms with Crippen LogP contribution in [0.25, 0.3) is 11.3 Å². The molecule has 26 heavy (non-hydrogen) atoms. The Morgan fingerprint density at radius 3 is 3.00 bits per heavy atom. The predicted molar refractivity (Wildman–Crippen MR) is 95.8 cm³/mol.